The lowest BCUT2D eigenvalue weighted by molar-refractivity contribution is -0.176. The fourth-order valence-electron chi connectivity index (χ4n) is 2.85. The van der Waals surface area contributed by atoms with Gasteiger partial charge in [-0.3, -0.25) is 4.79 Å². The second-order valence-electron chi connectivity index (χ2n) is 6.04. The molecule has 7 heteroatoms. The summed E-state index contributed by atoms with van der Waals surface area (Å²) in [5.74, 6) is -0.355. The lowest BCUT2D eigenvalue weighted by Gasteiger charge is -2.35. The number of hydrogen-bond acceptors (Lipinski definition) is 3. The highest BCUT2D eigenvalue weighted by atomic mass is 32.2. The molecule has 0 aliphatic carbocycles. The topological polar surface area (TPSA) is 23.6 Å². The number of nitrogens with zero attached hydrogens (tertiary/aromatic N) is 2. The largest absolute Gasteiger partial charge is 0.393 e. The zero-order valence-corrected chi connectivity index (χ0v) is 14.8. The fraction of sp³-hybridized carbons (Fsp3) is 0.588. The number of halogens is 3. The van der Waals surface area contributed by atoms with Crippen molar-refractivity contribution in [3.05, 3.63) is 18.2 Å². The van der Waals surface area contributed by atoms with Gasteiger partial charge in [0.25, 0.3) is 0 Å². The number of amides is 1. The van der Waals surface area contributed by atoms with Crippen LogP contribution in [0.25, 0.3) is 0 Å². The second-order valence-corrected chi connectivity index (χ2v) is 7.18. The van der Waals surface area contributed by atoms with Crippen molar-refractivity contribution in [2.24, 2.45) is 5.92 Å². The molecule has 0 radical (unpaired) electrons. The summed E-state index contributed by atoms with van der Waals surface area (Å²) in [6, 6.07) is 5.59. The van der Waals surface area contributed by atoms with Crippen molar-refractivity contribution in [1.82, 2.24) is 0 Å². The molecule has 1 fully saturated rings. The van der Waals surface area contributed by atoms with E-state index in [1.165, 1.54) is 4.90 Å². The number of thioether (sulfide) groups is 1. The summed E-state index contributed by atoms with van der Waals surface area (Å²) in [5, 5.41) is 0. The van der Waals surface area contributed by atoms with Crippen LogP contribution in [0.1, 0.15) is 26.2 Å². The van der Waals surface area contributed by atoms with Crippen LogP contribution in [0.4, 0.5) is 24.5 Å². The first-order chi connectivity index (χ1) is 11.4. The first-order valence-corrected chi connectivity index (χ1v) is 9.12. The molecule has 0 saturated carbocycles. The summed E-state index contributed by atoms with van der Waals surface area (Å²) in [6.07, 6.45) is -1.71. The first-order valence-electron chi connectivity index (χ1n) is 8.13. The molecule has 0 bridgehead atoms. The van der Waals surface area contributed by atoms with E-state index in [0.29, 0.717) is 13.0 Å². The highest BCUT2D eigenvalue weighted by Gasteiger charge is 2.41. The molecule has 24 heavy (non-hydrogen) atoms. The Morgan fingerprint density at radius 1 is 1.42 bits per heavy atom. The molecule has 134 valence electrons. The number of carbonyl (C=O) groups is 1. The highest BCUT2D eigenvalue weighted by Crippen LogP contribution is 2.37. The van der Waals surface area contributed by atoms with Crippen LogP contribution < -0.4 is 9.80 Å². The molecule has 1 amide bonds. The SMILES string of the molecule is CCCSc1ccc(N2CCCC(C(F)(F)F)C2)cc1N(C)C=O. The third kappa shape index (κ3) is 4.59. The molecule has 1 heterocycles. The van der Waals surface area contributed by atoms with Crippen LogP contribution in [0.2, 0.25) is 0 Å². The number of alkyl halides is 3. The van der Waals surface area contributed by atoms with Gasteiger partial charge >= 0.3 is 6.18 Å². The van der Waals surface area contributed by atoms with Crippen LogP contribution in [0.3, 0.4) is 0 Å². The van der Waals surface area contributed by atoms with E-state index in [9.17, 15) is 18.0 Å². The molecule has 1 atom stereocenters. The van der Waals surface area contributed by atoms with Gasteiger partial charge in [-0.1, -0.05) is 6.92 Å². The molecule has 0 spiro atoms. The molecule has 0 N–H and O–H groups in total. The monoisotopic (exact) mass is 360 g/mol. The van der Waals surface area contributed by atoms with Gasteiger partial charge in [0, 0.05) is 30.7 Å². The number of carbonyl (C=O) groups excluding carboxylic acids is 1. The zero-order chi connectivity index (χ0) is 17.7. The summed E-state index contributed by atoms with van der Waals surface area (Å²) < 4.78 is 39.0. The van der Waals surface area contributed by atoms with Gasteiger partial charge in [0.1, 0.15) is 0 Å². The first kappa shape index (κ1) is 19.0. The predicted molar refractivity (Wildman–Crippen MR) is 92.9 cm³/mol. The maximum Gasteiger partial charge on any atom is 0.393 e. The van der Waals surface area contributed by atoms with Gasteiger partial charge in [0.2, 0.25) is 6.41 Å². The Labute approximate surface area is 145 Å². The van der Waals surface area contributed by atoms with Gasteiger partial charge in [0.15, 0.2) is 0 Å². The number of hydrogen-bond donors (Lipinski definition) is 0. The number of rotatable bonds is 6. The van der Waals surface area contributed by atoms with Crippen molar-refractivity contribution < 1.29 is 18.0 Å². The molecule has 1 unspecified atom stereocenters. The van der Waals surface area contributed by atoms with E-state index < -0.39 is 12.1 Å². The molecule has 1 saturated heterocycles. The molecule has 1 aromatic rings. The van der Waals surface area contributed by atoms with Gasteiger partial charge in [-0.05, 0) is 43.2 Å². The van der Waals surface area contributed by atoms with Crippen LogP contribution in [0, 0.1) is 5.92 Å². The summed E-state index contributed by atoms with van der Waals surface area (Å²) in [6.45, 7) is 2.67. The highest BCUT2D eigenvalue weighted by molar-refractivity contribution is 7.99. The van der Waals surface area contributed by atoms with E-state index in [1.54, 1.807) is 23.7 Å². The Hall–Kier alpha value is -1.37. The predicted octanol–water partition coefficient (Wildman–Crippen LogP) is 4.56. The van der Waals surface area contributed by atoms with E-state index in [2.05, 4.69) is 6.92 Å². The average Bonchev–Trinajstić information content (AvgIpc) is 2.58. The maximum absolute atomic E-state index is 13.0. The van der Waals surface area contributed by atoms with Gasteiger partial charge in [-0.25, -0.2) is 0 Å². The Balaban J connectivity index is 2.25. The maximum atomic E-state index is 13.0. The van der Waals surface area contributed by atoms with Crippen molar-refractivity contribution in [3.8, 4) is 0 Å². The molecule has 2 rings (SSSR count). The second kappa shape index (κ2) is 8.14. The Morgan fingerprint density at radius 3 is 2.79 bits per heavy atom. The van der Waals surface area contributed by atoms with Gasteiger partial charge in [-0.15, -0.1) is 11.8 Å². The van der Waals surface area contributed by atoms with Gasteiger partial charge in [0.05, 0.1) is 11.6 Å². The molecule has 1 aliphatic rings. The van der Waals surface area contributed by atoms with Crippen LogP contribution in [0.15, 0.2) is 23.1 Å². The quantitative estimate of drug-likeness (QED) is 0.549. The molecule has 0 aromatic heterocycles. The summed E-state index contributed by atoms with van der Waals surface area (Å²) in [4.78, 5) is 15.4. The van der Waals surface area contributed by atoms with Gasteiger partial charge < -0.3 is 9.80 Å². The van der Waals surface area contributed by atoms with E-state index in [1.807, 2.05) is 18.2 Å². The van der Waals surface area contributed by atoms with E-state index >= 15 is 0 Å². The van der Waals surface area contributed by atoms with Crippen molar-refractivity contribution in [1.29, 1.82) is 0 Å². The minimum Gasteiger partial charge on any atom is -0.371 e. The van der Waals surface area contributed by atoms with Crippen molar-refractivity contribution >= 4 is 29.5 Å². The van der Waals surface area contributed by atoms with Crippen LogP contribution in [0.5, 0.6) is 0 Å². The molecule has 3 nitrogen and oxygen atoms in total. The lowest BCUT2D eigenvalue weighted by Crippen LogP contribution is -2.41. The van der Waals surface area contributed by atoms with Crippen molar-refractivity contribution in [3.63, 3.8) is 0 Å². The smallest absolute Gasteiger partial charge is 0.371 e. The third-order valence-corrected chi connectivity index (χ3v) is 5.46. The normalized spacial score (nSPS) is 18.5. The van der Waals surface area contributed by atoms with Crippen molar-refractivity contribution in [2.45, 2.75) is 37.3 Å². The fourth-order valence-corrected chi connectivity index (χ4v) is 3.79. The van der Waals surface area contributed by atoms with Crippen LogP contribution in [-0.2, 0) is 4.79 Å². The number of anilines is 2. The molecule has 1 aliphatic heterocycles. The minimum absolute atomic E-state index is 0.0187. The number of benzene rings is 1. The van der Waals surface area contributed by atoms with Crippen LogP contribution in [-0.4, -0.2) is 38.5 Å². The average molecular weight is 360 g/mol. The zero-order valence-electron chi connectivity index (χ0n) is 14.0. The summed E-state index contributed by atoms with van der Waals surface area (Å²) in [7, 11) is 1.66. The molecular weight excluding hydrogens is 337 g/mol. The minimum atomic E-state index is -4.15. The summed E-state index contributed by atoms with van der Waals surface area (Å²) in [5.41, 5.74) is 1.49. The van der Waals surface area contributed by atoms with E-state index in [-0.39, 0.29) is 13.0 Å². The Kier molecular flexibility index (Phi) is 6.43. The molecule has 1 aromatic carbocycles. The van der Waals surface area contributed by atoms with E-state index in [4.69, 9.17) is 0 Å². The lowest BCUT2D eigenvalue weighted by atomic mass is 9.97. The Bertz CT molecular complexity index is 565. The Morgan fingerprint density at radius 2 is 2.17 bits per heavy atom. The van der Waals surface area contributed by atoms with Gasteiger partial charge in [-0.2, -0.15) is 13.2 Å². The van der Waals surface area contributed by atoms with Crippen LogP contribution >= 0.6 is 11.8 Å². The van der Waals surface area contributed by atoms with Crippen molar-refractivity contribution in [2.75, 3.05) is 35.7 Å². The summed E-state index contributed by atoms with van der Waals surface area (Å²) >= 11 is 1.65. The standard InChI is InChI=1S/C17H23F3N2OS/c1-3-9-24-16-7-6-14(10-15(16)21(2)12-23)22-8-4-5-13(11-22)17(18,19)20/h6-7,10,12-13H,3-5,8-9,11H2,1-2H3. The van der Waals surface area contributed by atoms with E-state index in [0.717, 1.165) is 34.9 Å². The molecular formula is C17H23F3N2OS. The number of piperidine rings is 1. The third-order valence-electron chi connectivity index (χ3n) is 4.19.